The second-order valence-corrected chi connectivity index (χ2v) is 9.85. The number of hydrogen-bond acceptors (Lipinski definition) is 4. The maximum absolute atomic E-state index is 12.8. The molecule has 1 heterocycles. The summed E-state index contributed by atoms with van der Waals surface area (Å²) < 4.78 is 0. The number of nitrogens with zero attached hydrogens (tertiary/aromatic N) is 1. The molecule has 2 N–H and O–H groups in total. The van der Waals surface area contributed by atoms with Crippen LogP contribution in [0.15, 0.2) is 79.1 Å². The van der Waals surface area contributed by atoms with Gasteiger partial charge in [0.25, 0.3) is 0 Å². The van der Waals surface area contributed by atoms with E-state index in [9.17, 15) is 9.59 Å². The largest absolute Gasteiger partial charge is 0.344 e. The molecule has 2 aromatic carbocycles. The van der Waals surface area contributed by atoms with Gasteiger partial charge in [-0.15, -0.1) is 0 Å². The Labute approximate surface area is 200 Å². The first-order valence-electron chi connectivity index (χ1n) is 10.9. The Morgan fingerprint density at radius 2 is 1.58 bits per heavy atom. The first-order chi connectivity index (χ1) is 15.8. The summed E-state index contributed by atoms with van der Waals surface area (Å²) in [7, 11) is 0. The van der Waals surface area contributed by atoms with Crippen LogP contribution >= 0.6 is 11.8 Å². The highest BCUT2D eigenvalue weighted by Crippen LogP contribution is 2.23. The van der Waals surface area contributed by atoms with Crippen molar-refractivity contribution in [2.75, 3.05) is 11.1 Å². The van der Waals surface area contributed by atoms with E-state index >= 15 is 0 Å². The SMILES string of the molecule is CC(C)(C)[C@H](NC(=O)[CH]CSCc1ccc(-c2ccccc2)cc1)C(=O)Nc1ccncc1. The minimum Gasteiger partial charge on any atom is -0.344 e. The third kappa shape index (κ3) is 7.75. The molecule has 0 unspecified atom stereocenters. The standard InChI is InChI=1S/C27H30N3O2S/c1-27(2,3)25(26(32)29-23-13-16-28-17-14-23)30-24(31)15-18-33-19-20-9-11-22(12-10-20)21-7-5-4-6-8-21/h4-17,25H,18-19H2,1-3H3,(H,30,31)(H,28,29,32)/t25-/m1/s1. The predicted molar refractivity (Wildman–Crippen MR) is 137 cm³/mol. The lowest BCUT2D eigenvalue weighted by Gasteiger charge is -2.30. The van der Waals surface area contributed by atoms with Crippen LogP contribution in [0.1, 0.15) is 26.3 Å². The molecule has 171 valence electrons. The fourth-order valence-electron chi connectivity index (χ4n) is 3.26. The Morgan fingerprint density at radius 1 is 0.939 bits per heavy atom. The summed E-state index contributed by atoms with van der Waals surface area (Å²) in [6.45, 7) is 5.79. The van der Waals surface area contributed by atoms with Crippen LogP contribution < -0.4 is 10.6 Å². The van der Waals surface area contributed by atoms with Gasteiger partial charge in [-0.3, -0.25) is 14.6 Å². The number of carbonyl (C=O) groups is 2. The van der Waals surface area contributed by atoms with Crippen molar-refractivity contribution in [3.05, 3.63) is 91.1 Å². The van der Waals surface area contributed by atoms with Gasteiger partial charge in [0.2, 0.25) is 11.8 Å². The van der Waals surface area contributed by atoms with Crippen molar-refractivity contribution in [3.63, 3.8) is 0 Å². The monoisotopic (exact) mass is 460 g/mol. The third-order valence-corrected chi connectivity index (χ3v) is 6.02. The topological polar surface area (TPSA) is 71.1 Å². The van der Waals surface area contributed by atoms with Crippen molar-refractivity contribution in [1.82, 2.24) is 10.3 Å². The highest BCUT2D eigenvalue weighted by Gasteiger charge is 2.32. The zero-order valence-electron chi connectivity index (χ0n) is 19.2. The summed E-state index contributed by atoms with van der Waals surface area (Å²) in [5, 5.41) is 5.71. The van der Waals surface area contributed by atoms with Gasteiger partial charge in [0.15, 0.2) is 0 Å². The van der Waals surface area contributed by atoms with E-state index in [4.69, 9.17) is 0 Å². The molecule has 3 rings (SSSR count). The van der Waals surface area contributed by atoms with Crippen LogP contribution in [0.4, 0.5) is 5.69 Å². The lowest BCUT2D eigenvalue weighted by atomic mass is 9.86. The highest BCUT2D eigenvalue weighted by molar-refractivity contribution is 7.98. The molecule has 0 aliphatic heterocycles. The number of amides is 2. The second-order valence-electron chi connectivity index (χ2n) is 8.81. The molecule has 5 nitrogen and oxygen atoms in total. The molecule has 1 radical (unpaired) electrons. The quantitative estimate of drug-likeness (QED) is 0.422. The lowest BCUT2D eigenvalue weighted by molar-refractivity contribution is -0.126. The average Bonchev–Trinajstić information content (AvgIpc) is 2.81. The molecule has 6 heteroatoms. The van der Waals surface area contributed by atoms with Crippen LogP contribution in [-0.4, -0.2) is 28.6 Å². The van der Waals surface area contributed by atoms with E-state index in [2.05, 4.69) is 52.0 Å². The summed E-state index contributed by atoms with van der Waals surface area (Å²) in [6.07, 6.45) is 4.82. The van der Waals surface area contributed by atoms with Gasteiger partial charge in [-0.2, -0.15) is 11.8 Å². The molecular weight excluding hydrogens is 430 g/mol. The van der Waals surface area contributed by atoms with Crippen LogP contribution in [0.2, 0.25) is 0 Å². The van der Waals surface area contributed by atoms with Gasteiger partial charge in [0.05, 0.1) is 6.42 Å². The summed E-state index contributed by atoms with van der Waals surface area (Å²) in [4.78, 5) is 29.2. The number of pyridine rings is 1. The van der Waals surface area contributed by atoms with Crippen molar-refractivity contribution in [2.24, 2.45) is 5.41 Å². The van der Waals surface area contributed by atoms with Crippen LogP contribution in [0.5, 0.6) is 0 Å². The number of carbonyl (C=O) groups excluding carboxylic acids is 2. The second kappa shape index (κ2) is 11.7. The number of aromatic nitrogens is 1. The van der Waals surface area contributed by atoms with E-state index in [1.54, 1.807) is 42.7 Å². The van der Waals surface area contributed by atoms with Gasteiger partial charge in [0, 0.05) is 29.6 Å². The predicted octanol–water partition coefficient (Wildman–Crippen LogP) is 5.36. The Hall–Kier alpha value is -3.12. The Morgan fingerprint density at radius 3 is 2.21 bits per heavy atom. The van der Waals surface area contributed by atoms with E-state index in [0.29, 0.717) is 11.4 Å². The number of benzene rings is 2. The van der Waals surface area contributed by atoms with Crippen LogP contribution in [0.25, 0.3) is 11.1 Å². The zero-order chi connectivity index (χ0) is 23.7. The molecule has 0 bridgehead atoms. The number of thioether (sulfide) groups is 1. The average molecular weight is 461 g/mol. The van der Waals surface area contributed by atoms with Gasteiger partial charge in [0.1, 0.15) is 6.04 Å². The smallest absolute Gasteiger partial charge is 0.247 e. The van der Waals surface area contributed by atoms with E-state index in [1.807, 2.05) is 39.0 Å². The van der Waals surface area contributed by atoms with Gasteiger partial charge in [-0.05, 0) is 34.2 Å². The number of hydrogen-bond donors (Lipinski definition) is 2. The molecule has 1 aromatic heterocycles. The van der Waals surface area contributed by atoms with E-state index in [1.165, 1.54) is 16.7 Å². The first kappa shape index (κ1) is 24.5. The minimum absolute atomic E-state index is 0.244. The van der Waals surface area contributed by atoms with Crippen LogP contribution in [0, 0.1) is 11.8 Å². The fraction of sp³-hybridized carbons (Fsp3) is 0.259. The van der Waals surface area contributed by atoms with E-state index < -0.39 is 11.5 Å². The normalized spacial score (nSPS) is 12.1. The van der Waals surface area contributed by atoms with Crippen LogP contribution in [-0.2, 0) is 15.3 Å². The van der Waals surface area contributed by atoms with Gasteiger partial charge in [-0.1, -0.05) is 75.4 Å². The minimum atomic E-state index is -0.662. The fourth-order valence-corrected chi connectivity index (χ4v) is 4.08. The van der Waals surface area contributed by atoms with Gasteiger partial charge >= 0.3 is 0 Å². The van der Waals surface area contributed by atoms with Gasteiger partial charge in [-0.25, -0.2) is 0 Å². The maximum Gasteiger partial charge on any atom is 0.247 e. The van der Waals surface area contributed by atoms with Crippen molar-refractivity contribution >= 4 is 29.3 Å². The maximum atomic E-state index is 12.8. The molecule has 1 atom stereocenters. The zero-order valence-corrected chi connectivity index (χ0v) is 20.1. The summed E-state index contributed by atoms with van der Waals surface area (Å²) in [6, 6.07) is 21.5. The molecule has 0 spiro atoms. The van der Waals surface area contributed by atoms with Crippen molar-refractivity contribution in [2.45, 2.75) is 32.6 Å². The Bertz CT molecular complexity index is 1030. The Balaban J connectivity index is 1.45. The van der Waals surface area contributed by atoms with E-state index in [0.717, 1.165) is 5.75 Å². The number of nitrogens with one attached hydrogen (secondary N) is 2. The highest BCUT2D eigenvalue weighted by atomic mass is 32.2. The van der Waals surface area contributed by atoms with Crippen LogP contribution in [0.3, 0.4) is 0 Å². The molecular formula is C27H30N3O2S. The molecule has 0 aliphatic carbocycles. The third-order valence-electron chi connectivity index (χ3n) is 5.08. The van der Waals surface area contributed by atoms with Crippen molar-refractivity contribution < 1.29 is 9.59 Å². The number of rotatable bonds is 9. The molecule has 2 amide bonds. The molecule has 0 fully saturated rings. The molecule has 0 saturated heterocycles. The molecule has 33 heavy (non-hydrogen) atoms. The molecule has 0 aliphatic rings. The van der Waals surface area contributed by atoms with Crippen molar-refractivity contribution in [1.29, 1.82) is 0 Å². The van der Waals surface area contributed by atoms with E-state index in [-0.39, 0.29) is 11.8 Å². The first-order valence-corrected chi connectivity index (χ1v) is 12.0. The molecule has 0 saturated carbocycles. The summed E-state index contributed by atoms with van der Waals surface area (Å²) in [5.74, 6) is 0.882. The van der Waals surface area contributed by atoms with Gasteiger partial charge < -0.3 is 10.6 Å². The Kier molecular flexibility index (Phi) is 8.66. The number of anilines is 1. The summed E-state index contributed by atoms with van der Waals surface area (Å²) in [5.41, 5.74) is 3.81. The summed E-state index contributed by atoms with van der Waals surface area (Å²) >= 11 is 1.66. The lowest BCUT2D eigenvalue weighted by Crippen LogP contribution is -2.51. The molecule has 3 aromatic rings. The van der Waals surface area contributed by atoms with Crippen molar-refractivity contribution in [3.8, 4) is 11.1 Å².